The number of nitrogens with zero attached hydrogens (tertiary/aromatic N) is 1. The monoisotopic (exact) mass is 186 g/mol. The summed E-state index contributed by atoms with van der Waals surface area (Å²) in [5, 5.41) is 15.3. The fraction of sp³-hybridized carbons (Fsp3) is 0.625. The van der Waals surface area contributed by atoms with E-state index in [0.717, 1.165) is 17.2 Å². The Morgan fingerprint density at radius 2 is 2.33 bits per heavy atom. The van der Waals surface area contributed by atoms with Crippen LogP contribution in [-0.4, -0.2) is 17.1 Å². The first-order valence-corrected chi connectivity index (χ1v) is 4.74. The SMILES string of the molecule is CNCc1csc(C(C)(C)O)n1. The minimum Gasteiger partial charge on any atom is -0.383 e. The van der Waals surface area contributed by atoms with Crippen molar-refractivity contribution in [2.45, 2.75) is 26.0 Å². The van der Waals surface area contributed by atoms with Crippen LogP contribution in [0, 0.1) is 0 Å². The van der Waals surface area contributed by atoms with Crippen molar-refractivity contribution in [3.8, 4) is 0 Å². The highest BCUT2D eigenvalue weighted by molar-refractivity contribution is 7.09. The molecule has 0 bridgehead atoms. The molecule has 0 radical (unpaired) electrons. The molecule has 0 saturated carbocycles. The Morgan fingerprint density at radius 1 is 1.67 bits per heavy atom. The largest absolute Gasteiger partial charge is 0.383 e. The predicted molar refractivity (Wildman–Crippen MR) is 50.1 cm³/mol. The third-order valence-electron chi connectivity index (χ3n) is 1.43. The van der Waals surface area contributed by atoms with E-state index in [1.54, 1.807) is 13.8 Å². The minimum absolute atomic E-state index is 0.757. The minimum atomic E-state index is -0.809. The highest BCUT2D eigenvalue weighted by Crippen LogP contribution is 2.23. The van der Waals surface area contributed by atoms with E-state index in [2.05, 4.69) is 10.3 Å². The third kappa shape index (κ3) is 2.27. The first kappa shape index (κ1) is 9.64. The molecule has 0 unspecified atom stereocenters. The van der Waals surface area contributed by atoms with Gasteiger partial charge in [0, 0.05) is 11.9 Å². The van der Waals surface area contributed by atoms with Crippen molar-refractivity contribution in [3.05, 3.63) is 16.1 Å². The zero-order valence-electron chi connectivity index (χ0n) is 7.59. The quantitative estimate of drug-likeness (QED) is 0.742. The van der Waals surface area contributed by atoms with Crippen LogP contribution in [0.1, 0.15) is 24.5 Å². The van der Waals surface area contributed by atoms with Gasteiger partial charge in [0.05, 0.1) is 5.69 Å². The lowest BCUT2D eigenvalue weighted by Gasteiger charge is -2.12. The molecule has 0 aliphatic carbocycles. The second kappa shape index (κ2) is 3.51. The van der Waals surface area contributed by atoms with Gasteiger partial charge in [-0.15, -0.1) is 11.3 Å². The number of aromatic nitrogens is 1. The van der Waals surface area contributed by atoms with E-state index >= 15 is 0 Å². The zero-order valence-corrected chi connectivity index (χ0v) is 8.40. The van der Waals surface area contributed by atoms with Crippen LogP contribution in [0.25, 0.3) is 0 Å². The van der Waals surface area contributed by atoms with E-state index in [9.17, 15) is 5.11 Å². The lowest BCUT2D eigenvalue weighted by molar-refractivity contribution is 0.0781. The van der Waals surface area contributed by atoms with E-state index < -0.39 is 5.60 Å². The molecule has 0 aliphatic heterocycles. The standard InChI is InChI=1S/C8H14N2OS/c1-8(2,11)7-10-6(4-9-3)5-12-7/h5,9,11H,4H2,1-3H3. The molecule has 0 aromatic carbocycles. The van der Waals surface area contributed by atoms with Crippen molar-refractivity contribution in [1.29, 1.82) is 0 Å². The summed E-state index contributed by atoms with van der Waals surface area (Å²) in [6.45, 7) is 4.25. The molecule has 0 amide bonds. The van der Waals surface area contributed by atoms with Crippen LogP contribution in [-0.2, 0) is 12.1 Å². The third-order valence-corrected chi connectivity index (χ3v) is 2.64. The summed E-state index contributed by atoms with van der Waals surface area (Å²) in [7, 11) is 1.88. The molecular weight excluding hydrogens is 172 g/mol. The molecule has 0 aliphatic rings. The average Bonchev–Trinajstić information content (AvgIpc) is 2.35. The van der Waals surface area contributed by atoms with Crippen molar-refractivity contribution in [2.75, 3.05) is 7.05 Å². The van der Waals surface area contributed by atoms with Crippen LogP contribution in [0.5, 0.6) is 0 Å². The molecular formula is C8H14N2OS. The van der Waals surface area contributed by atoms with Crippen LogP contribution in [0.15, 0.2) is 5.38 Å². The first-order chi connectivity index (χ1) is 5.54. The number of rotatable bonds is 3. The Bertz CT molecular complexity index is 252. The Morgan fingerprint density at radius 3 is 2.75 bits per heavy atom. The molecule has 3 nitrogen and oxygen atoms in total. The Kier molecular flexibility index (Phi) is 2.82. The summed E-state index contributed by atoms with van der Waals surface area (Å²) in [5.74, 6) is 0. The van der Waals surface area contributed by atoms with Gasteiger partial charge in [-0.3, -0.25) is 0 Å². The van der Waals surface area contributed by atoms with Gasteiger partial charge in [0.1, 0.15) is 10.6 Å². The average molecular weight is 186 g/mol. The molecule has 1 rings (SSSR count). The number of nitrogens with one attached hydrogen (secondary N) is 1. The molecule has 1 aromatic rings. The van der Waals surface area contributed by atoms with E-state index in [0.29, 0.717) is 0 Å². The van der Waals surface area contributed by atoms with Crippen molar-refractivity contribution in [1.82, 2.24) is 10.3 Å². The van der Waals surface area contributed by atoms with Crippen molar-refractivity contribution >= 4 is 11.3 Å². The maximum atomic E-state index is 9.60. The van der Waals surface area contributed by atoms with Crippen molar-refractivity contribution in [2.24, 2.45) is 0 Å². The summed E-state index contributed by atoms with van der Waals surface area (Å²) < 4.78 is 0. The lowest BCUT2D eigenvalue weighted by atomic mass is 10.2. The van der Waals surface area contributed by atoms with Gasteiger partial charge < -0.3 is 10.4 Å². The number of hydrogen-bond donors (Lipinski definition) is 2. The maximum absolute atomic E-state index is 9.60. The molecule has 2 N–H and O–H groups in total. The second-order valence-electron chi connectivity index (χ2n) is 3.23. The molecule has 1 aromatic heterocycles. The van der Waals surface area contributed by atoms with Gasteiger partial charge in [-0.25, -0.2) is 4.98 Å². The lowest BCUT2D eigenvalue weighted by Crippen LogP contribution is -2.15. The van der Waals surface area contributed by atoms with Crippen molar-refractivity contribution < 1.29 is 5.11 Å². The van der Waals surface area contributed by atoms with E-state index in [1.165, 1.54) is 11.3 Å². The van der Waals surface area contributed by atoms with Crippen LogP contribution in [0.4, 0.5) is 0 Å². The zero-order chi connectivity index (χ0) is 9.19. The number of aliphatic hydroxyl groups is 1. The van der Waals surface area contributed by atoms with Crippen LogP contribution >= 0.6 is 11.3 Å². The van der Waals surface area contributed by atoms with Gasteiger partial charge in [0.15, 0.2) is 0 Å². The van der Waals surface area contributed by atoms with Gasteiger partial charge in [-0.05, 0) is 20.9 Å². The molecule has 12 heavy (non-hydrogen) atoms. The normalized spacial score (nSPS) is 12.0. The summed E-state index contributed by atoms with van der Waals surface area (Å²) >= 11 is 1.50. The van der Waals surface area contributed by atoms with E-state index in [-0.39, 0.29) is 0 Å². The van der Waals surface area contributed by atoms with Crippen molar-refractivity contribution in [3.63, 3.8) is 0 Å². The predicted octanol–water partition coefficient (Wildman–Crippen LogP) is 1.09. The highest BCUT2D eigenvalue weighted by Gasteiger charge is 2.19. The Labute approximate surface area is 76.5 Å². The number of hydrogen-bond acceptors (Lipinski definition) is 4. The Balaban J connectivity index is 2.77. The summed E-state index contributed by atoms with van der Waals surface area (Å²) in [5.41, 5.74) is 0.177. The van der Waals surface area contributed by atoms with Crippen LogP contribution in [0.2, 0.25) is 0 Å². The fourth-order valence-corrected chi connectivity index (χ4v) is 1.69. The molecule has 68 valence electrons. The molecule has 0 spiro atoms. The summed E-state index contributed by atoms with van der Waals surface area (Å²) in [6, 6.07) is 0. The highest BCUT2D eigenvalue weighted by atomic mass is 32.1. The molecule has 0 atom stereocenters. The van der Waals surface area contributed by atoms with E-state index in [1.807, 2.05) is 12.4 Å². The number of thiazole rings is 1. The molecule has 4 heteroatoms. The van der Waals surface area contributed by atoms with Gasteiger partial charge in [-0.1, -0.05) is 0 Å². The van der Waals surface area contributed by atoms with Gasteiger partial charge >= 0.3 is 0 Å². The molecule has 0 fully saturated rings. The molecule has 1 heterocycles. The molecule has 0 saturated heterocycles. The summed E-state index contributed by atoms with van der Waals surface area (Å²) in [4.78, 5) is 4.28. The Hall–Kier alpha value is -0.450. The van der Waals surface area contributed by atoms with Crippen LogP contribution < -0.4 is 5.32 Å². The first-order valence-electron chi connectivity index (χ1n) is 3.86. The fourth-order valence-electron chi connectivity index (χ4n) is 0.850. The van der Waals surface area contributed by atoms with Gasteiger partial charge in [0.2, 0.25) is 0 Å². The maximum Gasteiger partial charge on any atom is 0.124 e. The van der Waals surface area contributed by atoms with Gasteiger partial charge in [-0.2, -0.15) is 0 Å². The smallest absolute Gasteiger partial charge is 0.124 e. The van der Waals surface area contributed by atoms with E-state index in [4.69, 9.17) is 0 Å². The second-order valence-corrected chi connectivity index (χ2v) is 4.09. The summed E-state index contributed by atoms with van der Waals surface area (Å²) in [6.07, 6.45) is 0. The topological polar surface area (TPSA) is 45.1 Å². The van der Waals surface area contributed by atoms with Crippen LogP contribution in [0.3, 0.4) is 0 Å². The van der Waals surface area contributed by atoms with Gasteiger partial charge in [0.25, 0.3) is 0 Å².